The zero-order valence-electron chi connectivity index (χ0n) is 7.67. The Kier molecular flexibility index (Phi) is 2.94. The van der Waals surface area contributed by atoms with Crippen LogP contribution in [0.1, 0.15) is 30.4 Å². The first kappa shape index (κ1) is 8.87. The molecule has 0 bridgehead atoms. The zero-order valence-corrected chi connectivity index (χ0v) is 7.67. The molecule has 62 valence electrons. The van der Waals surface area contributed by atoms with E-state index >= 15 is 0 Å². The molecule has 0 radical (unpaired) electrons. The molecule has 1 aromatic carbocycles. The highest BCUT2D eigenvalue weighted by Crippen LogP contribution is 2.18. The maximum atomic E-state index is 5.25. The molecule has 0 aromatic heterocycles. The van der Waals surface area contributed by atoms with Gasteiger partial charge in [0.1, 0.15) is 0 Å². The number of terminal acetylenes is 1. The van der Waals surface area contributed by atoms with Crippen LogP contribution < -0.4 is 0 Å². The summed E-state index contributed by atoms with van der Waals surface area (Å²) < 4.78 is 0. The molecule has 1 rings (SSSR count). The van der Waals surface area contributed by atoms with Crippen LogP contribution in [-0.2, 0) is 0 Å². The Morgan fingerprint density at radius 2 is 1.92 bits per heavy atom. The minimum atomic E-state index is 0.482. The van der Waals surface area contributed by atoms with E-state index in [2.05, 4.69) is 44.0 Å². The number of hydrogen-bond donors (Lipinski definition) is 0. The molecule has 12 heavy (non-hydrogen) atoms. The molecule has 0 spiro atoms. The average Bonchev–Trinajstić information content (AvgIpc) is 2.06. The van der Waals surface area contributed by atoms with Crippen molar-refractivity contribution < 1.29 is 0 Å². The Labute approximate surface area is 74.6 Å². The van der Waals surface area contributed by atoms with Gasteiger partial charge in [0.25, 0.3) is 0 Å². The van der Waals surface area contributed by atoms with Crippen molar-refractivity contribution in [3.8, 4) is 12.3 Å². The van der Waals surface area contributed by atoms with Crippen molar-refractivity contribution in [2.75, 3.05) is 0 Å². The van der Waals surface area contributed by atoms with Crippen LogP contribution in [0.3, 0.4) is 0 Å². The van der Waals surface area contributed by atoms with Gasteiger partial charge in [-0.1, -0.05) is 36.8 Å². The highest BCUT2D eigenvalue weighted by Gasteiger charge is 2.01. The summed E-state index contributed by atoms with van der Waals surface area (Å²) in [6.45, 7) is 4.25. The van der Waals surface area contributed by atoms with Crippen molar-refractivity contribution in [2.45, 2.75) is 26.2 Å². The van der Waals surface area contributed by atoms with Gasteiger partial charge in [-0.05, 0) is 18.4 Å². The van der Waals surface area contributed by atoms with Crippen LogP contribution in [0.5, 0.6) is 0 Å². The first-order valence-electron chi connectivity index (χ1n) is 4.24. The van der Waals surface area contributed by atoms with Crippen LogP contribution in [0.2, 0.25) is 0 Å². The molecule has 0 aliphatic rings. The second kappa shape index (κ2) is 3.97. The molecule has 0 saturated carbocycles. The van der Waals surface area contributed by atoms with Crippen molar-refractivity contribution in [2.24, 2.45) is 0 Å². The fourth-order valence-corrected chi connectivity index (χ4v) is 1.19. The van der Waals surface area contributed by atoms with Crippen molar-refractivity contribution in [3.63, 3.8) is 0 Å². The van der Waals surface area contributed by atoms with Crippen LogP contribution in [0.4, 0.5) is 0 Å². The molecule has 0 aliphatic carbocycles. The Morgan fingerprint density at radius 3 is 2.42 bits per heavy atom. The van der Waals surface area contributed by atoms with Gasteiger partial charge in [-0.15, -0.1) is 12.3 Å². The van der Waals surface area contributed by atoms with Crippen molar-refractivity contribution in [3.05, 3.63) is 35.4 Å². The standard InChI is InChI=1S/C12H14/c1-4-5-11(3)12-8-6-10(2)7-9-12/h1,6-9,11H,5H2,2-3H3. The minimum absolute atomic E-state index is 0.482. The van der Waals surface area contributed by atoms with Crippen LogP contribution in [-0.4, -0.2) is 0 Å². The van der Waals surface area contributed by atoms with E-state index in [0.29, 0.717) is 5.92 Å². The lowest BCUT2D eigenvalue weighted by Crippen LogP contribution is -1.91. The second-order valence-corrected chi connectivity index (χ2v) is 3.22. The van der Waals surface area contributed by atoms with Crippen LogP contribution in [0, 0.1) is 19.3 Å². The third-order valence-corrected chi connectivity index (χ3v) is 2.07. The summed E-state index contributed by atoms with van der Waals surface area (Å²) in [6, 6.07) is 8.55. The van der Waals surface area contributed by atoms with E-state index in [-0.39, 0.29) is 0 Å². The predicted molar refractivity (Wildman–Crippen MR) is 53.0 cm³/mol. The topological polar surface area (TPSA) is 0 Å². The summed E-state index contributed by atoms with van der Waals surface area (Å²) in [5.41, 5.74) is 2.63. The van der Waals surface area contributed by atoms with Crippen molar-refractivity contribution >= 4 is 0 Å². The van der Waals surface area contributed by atoms with Gasteiger partial charge in [0.05, 0.1) is 0 Å². The van der Waals surface area contributed by atoms with Gasteiger partial charge in [0, 0.05) is 6.42 Å². The zero-order chi connectivity index (χ0) is 8.97. The quantitative estimate of drug-likeness (QED) is 0.580. The largest absolute Gasteiger partial charge is 0.120 e. The molecule has 1 aromatic rings. The molecule has 0 nitrogen and oxygen atoms in total. The van der Waals surface area contributed by atoms with E-state index in [9.17, 15) is 0 Å². The summed E-state index contributed by atoms with van der Waals surface area (Å²) in [5.74, 6) is 3.16. The Hall–Kier alpha value is -1.22. The van der Waals surface area contributed by atoms with Gasteiger partial charge < -0.3 is 0 Å². The molecule has 1 atom stereocenters. The van der Waals surface area contributed by atoms with E-state index in [0.717, 1.165) is 6.42 Å². The minimum Gasteiger partial charge on any atom is -0.120 e. The molecule has 0 heterocycles. The van der Waals surface area contributed by atoms with Crippen molar-refractivity contribution in [1.29, 1.82) is 0 Å². The fourth-order valence-electron chi connectivity index (χ4n) is 1.19. The number of aryl methyl sites for hydroxylation is 1. The van der Waals surface area contributed by atoms with Gasteiger partial charge in [-0.2, -0.15) is 0 Å². The fraction of sp³-hybridized carbons (Fsp3) is 0.333. The molecule has 0 fully saturated rings. The van der Waals surface area contributed by atoms with Crippen molar-refractivity contribution in [1.82, 2.24) is 0 Å². The Balaban J connectivity index is 2.76. The van der Waals surface area contributed by atoms with E-state index in [1.807, 2.05) is 0 Å². The molecule has 0 aliphatic heterocycles. The summed E-state index contributed by atoms with van der Waals surface area (Å²) in [6.07, 6.45) is 6.07. The molecule has 0 heteroatoms. The SMILES string of the molecule is C#CCC(C)c1ccc(C)cc1. The molecule has 0 saturated heterocycles. The number of rotatable bonds is 2. The lowest BCUT2D eigenvalue weighted by Gasteiger charge is -2.07. The van der Waals surface area contributed by atoms with E-state index in [4.69, 9.17) is 6.42 Å². The van der Waals surface area contributed by atoms with E-state index < -0.39 is 0 Å². The van der Waals surface area contributed by atoms with Crippen LogP contribution in [0.15, 0.2) is 24.3 Å². The third-order valence-electron chi connectivity index (χ3n) is 2.07. The van der Waals surface area contributed by atoms with Crippen LogP contribution >= 0.6 is 0 Å². The summed E-state index contributed by atoms with van der Waals surface area (Å²) in [4.78, 5) is 0. The average molecular weight is 158 g/mol. The smallest absolute Gasteiger partial charge is 0.0152 e. The molecular weight excluding hydrogens is 144 g/mol. The lowest BCUT2D eigenvalue weighted by molar-refractivity contribution is 0.796. The summed E-state index contributed by atoms with van der Waals surface area (Å²) in [7, 11) is 0. The number of benzene rings is 1. The van der Waals surface area contributed by atoms with Gasteiger partial charge >= 0.3 is 0 Å². The Morgan fingerprint density at radius 1 is 1.33 bits per heavy atom. The molecule has 1 unspecified atom stereocenters. The predicted octanol–water partition coefficient (Wildman–Crippen LogP) is 3.12. The summed E-state index contributed by atoms with van der Waals surface area (Å²) in [5, 5.41) is 0. The van der Waals surface area contributed by atoms with E-state index in [1.165, 1.54) is 11.1 Å². The first-order valence-corrected chi connectivity index (χ1v) is 4.24. The first-order chi connectivity index (χ1) is 5.74. The van der Waals surface area contributed by atoms with Gasteiger partial charge in [-0.3, -0.25) is 0 Å². The highest BCUT2D eigenvalue weighted by atomic mass is 14.1. The molecule has 0 amide bonds. The van der Waals surface area contributed by atoms with Gasteiger partial charge in [-0.25, -0.2) is 0 Å². The third kappa shape index (κ3) is 2.13. The monoisotopic (exact) mass is 158 g/mol. The highest BCUT2D eigenvalue weighted by molar-refractivity contribution is 5.24. The molecule has 0 N–H and O–H groups in total. The lowest BCUT2D eigenvalue weighted by atomic mass is 9.97. The second-order valence-electron chi connectivity index (χ2n) is 3.22. The molecular formula is C12H14. The van der Waals surface area contributed by atoms with Gasteiger partial charge in [0.2, 0.25) is 0 Å². The van der Waals surface area contributed by atoms with Crippen LogP contribution in [0.25, 0.3) is 0 Å². The normalized spacial score (nSPS) is 12.1. The maximum absolute atomic E-state index is 5.25. The van der Waals surface area contributed by atoms with Gasteiger partial charge in [0.15, 0.2) is 0 Å². The summed E-state index contributed by atoms with van der Waals surface area (Å²) >= 11 is 0. The Bertz CT molecular complexity index is 274. The van der Waals surface area contributed by atoms with E-state index in [1.54, 1.807) is 0 Å². The number of hydrogen-bond acceptors (Lipinski definition) is 0. The maximum Gasteiger partial charge on any atom is 0.0152 e.